The standard InChI is InChI=1S/C16H17NO3S2/c1-12(21-14-8-4-3-5-9-14)16(18)17-13-7-6-10-15(11-13)22(2,19)20/h3-12H,1-2H3,(H,17,18)/t12-/m0/s1. The Kier molecular flexibility index (Phi) is 5.26. The molecule has 0 radical (unpaired) electrons. The van der Waals surface area contributed by atoms with Crippen molar-refractivity contribution in [2.24, 2.45) is 0 Å². The fourth-order valence-electron chi connectivity index (χ4n) is 1.81. The minimum atomic E-state index is -3.29. The molecule has 1 amide bonds. The summed E-state index contributed by atoms with van der Waals surface area (Å²) in [6.07, 6.45) is 1.14. The van der Waals surface area contributed by atoms with Crippen LogP contribution >= 0.6 is 11.8 Å². The molecule has 4 nitrogen and oxygen atoms in total. The Labute approximate surface area is 134 Å². The maximum atomic E-state index is 12.2. The Balaban J connectivity index is 2.06. The quantitative estimate of drug-likeness (QED) is 0.852. The topological polar surface area (TPSA) is 63.2 Å². The Bertz CT molecular complexity index is 758. The molecular formula is C16H17NO3S2. The fraction of sp³-hybridized carbons (Fsp3) is 0.188. The van der Waals surface area contributed by atoms with Gasteiger partial charge in [-0.3, -0.25) is 4.79 Å². The highest BCUT2D eigenvalue weighted by molar-refractivity contribution is 8.00. The number of carbonyl (C=O) groups excluding carboxylic acids is 1. The molecule has 0 heterocycles. The Hall–Kier alpha value is -1.79. The smallest absolute Gasteiger partial charge is 0.237 e. The molecule has 0 aliphatic rings. The molecule has 0 aromatic heterocycles. The van der Waals surface area contributed by atoms with Crippen LogP contribution in [0.25, 0.3) is 0 Å². The Morgan fingerprint density at radius 1 is 1.09 bits per heavy atom. The van der Waals surface area contributed by atoms with Crippen LogP contribution in [0, 0.1) is 0 Å². The van der Waals surface area contributed by atoms with Crippen molar-refractivity contribution in [3.63, 3.8) is 0 Å². The number of carbonyl (C=O) groups is 1. The molecule has 22 heavy (non-hydrogen) atoms. The zero-order valence-electron chi connectivity index (χ0n) is 12.3. The zero-order chi connectivity index (χ0) is 16.2. The van der Waals surface area contributed by atoms with Gasteiger partial charge in [-0.05, 0) is 37.3 Å². The van der Waals surface area contributed by atoms with Gasteiger partial charge in [0.25, 0.3) is 0 Å². The predicted octanol–water partition coefficient (Wildman–Crippen LogP) is 3.21. The summed E-state index contributed by atoms with van der Waals surface area (Å²) >= 11 is 1.45. The highest BCUT2D eigenvalue weighted by Crippen LogP contribution is 2.24. The Morgan fingerprint density at radius 3 is 2.41 bits per heavy atom. The largest absolute Gasteiger partial charge is 0.325 e. The van der Waals surface area contributed by atoms with Crippen molar-refractivity contribution < 1.29 is 13.2 Å². The van der Waals surface area contributed by atoms with Crippen molar-refractivity contribution in [2.45, 2.75) is 22.0 Å². The second kappa shape index (κ2) is 6.98. The number of sulfone groups is 1. The van der Waals surface area contributed by atoms with Crippen LogP contribution in [0.1, 0.15) is 6.92 Å². The second-order valence-electron chi connectivity index (χ2n) is 4.86. The van der Waals surface area contributed by atoms with Gasteiger partial charge in [-0.2, -0.15) is 0 Å². The van der Waals surface area contributed by atoms with E-state index < -0.39 is 9.84 Å². The van der Waals surface area contributed by atoms with Crippen LogP contribution in [0.4, 0.5) is 5.69 Å². The number of hydrogen-bond donors (Lipinski definition) is 1. The van der Waals surface area contributed by atoms with Gasteiger partial charge in [0.15, 0.2) is 9.84 Å². The maximum absolute atomic E-state index is 12.2. The van der Waals surface area contributed by atoms with E-state index in [4.69, 9.17) is 0 Å². The molecule has 2 aromatic carbocycles. The van der Waals surface area contributed by atoms with Gasteiger partial charge in [-0.1, -0.05) is 24.3 Å². The van der Waals surface area contributed by atoms with Gasteiger partial charge < -0.3 is 5.32 Å². The predicted molar refractivity (Wildman–Crippen MR) is 89.9 cm³/mol. The molecule has 6 heteroatoms. The van der Waals surface area contributed by atoms with Crippen LogP contribution in [0.15, 0.2) is 64.4 Å². The van der Waals surface area contributed by atoms with Crippen LogP contribution in [-0.4, -0.2) is 25.8 Å². The lowest BCUT2D eigenvalue weighted by Crippen LogP contribution is -2.22. The second-order valence-corrected chi connectivity index (χ2v) is 8.29. The summed E-state index contributed by atoms with van der Waals surface area (Å²) in [7, 11) is -3.29. The van der Waals surface area contributed by atoms with E-state index in [-0.39, 0.29) is 16.1 Å². The van der Waals surface area contributed by atoms with Crippen molar-refractivity contribution in [3.8, 4) is 0 Å². The van der Waals surface area contributed by atoms with Gasteiger partial charge in [0.2, 0.25) is 5.91 Å². The lowest BCUT2D eigenvalue weighted by molar-refractivity contribution is -0.115. The summed E-state index contributed by atoms with van der Waals surface area (Å²) < 4.78 is 23.1. The van der Waals surface area contributed by atoms with Gasteiger partial charge in [0.1, 0.15) is 0 Å². The molecule has 0 saturated heterocycles. The third-order valence-electron chi connectivity index (χ3n) is 2.96. The first-order chi connectivity index (χ1) is 10.4. The molecule has 0 bridgehead atoms. The lowest BCUT2D eigenvalue weighted by atomic mass is 10.3. The summed E-state index contributed by atoms with van der Waals surface area (Å²) in [5.41, 5.74) is 0.480. The third-order valence-corrected chi connectivity index (χ3v) is 5.18. The van der Waals surface area contributed by atoms with Gasteiger partial charge in [-0.15, -0.1) is 11.8 Å². The SMILES string of the molecule is C[C@H](Sc1ccccc1)C(=O)Nc1cccc(S(C)(=O)=O)c1. The van der Waals surface area contributed by atoms with Crippen LogP contribution in [-0.2, 0) is 14.6 Å². The number of rotatable bonds is 5. The summed E-state index contributed by atoms with van der Waals surface area (Å²) in [5, 5.41) is 2.46. The van der Waals surface area contributed by atoms with E-state index in [2.05, 4.69) is 5.32 Å². The summed E-state index contributed by atoms with van der Waals surface area (Å²) in [6, 6.07) is 15.9. The van der Waals surface area contributed by atoms with Crippen molar-refractivity contribution in [1.82, 2.24) is 0 Å². The van der Waals surface area contributed by atoms with E-state index in [1.807, 2.05) is 37.3 Å². The maximum Gasteiger partial charge on any atom is 0.237 e. The van der Waals surface area contributed by atoms with Crippen molar-refractivity contribution in [1.29, 1.82) is 0 Å². The molecule has 0 fully saturated rings. The lowest BCUT2D eigenvalue weighted by Gasteiger charge is -2.12. The number of anilines is 1. The van der Waals surface area contributed by atoms with Gasteiger partial charge >= 0.3 is 0 Å². The number of nitrogens with one attached hydrogen (secondary N) is 1. The Morgan fingerprint density at radius 2 is 1.77 bits per heavy atom. The van der Waals surface area contributed by atoms with E-state index in [0.717, 1.165) is 11.2 Å². The van der Waals surface area contributed by atoms with E-state index in [1.54, 1.807) is 12.1 Å². The molecule has 0 aliphatic heterocycles. The molecule has 2 aromatic rings. The molecule has 2 rings (SSSR count). The van der Waals surface area contributed by atoms with E-state index >= 15 is 0 Å². The minimum Gasteiger partial charge on any atom is -0.325 e. The van der Waals surface area contributed by atoms with Gasteiger partial charge in [0.05, 0.1) is 10.1 Å². The monoisotopic (exact) mass is 335 g/mol. The highest BCUT2D eigenvalue weighted by atomic mass is 32.2. The van der Waals surface area contributed by atoms with Crippen molar-refractivity contribution in [2.75, 3.05) is 11.6 Å². The molecule has 116 valence electrons. The zero-order valence-corrected chi connectivity index (χ0v) is 13.9. The van der Waals surface area contributed by atoms with Crippen LogP contribution < -0.4 is 5.32 Å². The van der Waals surface area contributed by atoms with Crippen LogP contribution in [0.2, 0.25) is 0 Å². The summed E-state index contributed by atoms with van der Waals surface area (Å²) in [6.45, 7) is 1.81. The van der Waals surface area contributed by atoms with Crippen molar-refractivity contribution in [3.05, 3.63) is 54.6 Å². The molecule has 1 atom stereocenters. The minimum absolute atomic E-state index is 0.167. The van der Waals surface area contributed by atoms with Crippen LogP contribution in [0.5, 0.6) is 0 Å². The number of thioether (sulfide) groups is 1. The number of amides is 1. The molecule has 0 unspecified atom stereocenters. The first-order valence-electron chi connectivity index (χ1n) is 6.69. The van der Waals surface area contributed by atoms with E-state index in [1.165, 1.54) is 23.9 Å². The summed E-state index contributed by atoms with van der Waals surface area (Å²) in [5.74, 6) is -0.167. The molecule has 0 saturated carbocycles. The first kappa shape index (κ1) is 16.6. The first-order valence-corrected chi connectivity index (χ1v) is 9.46. The number of benzene rings is 2. The third kappa shape index (κ3) is 4.61. The molecular weight excluding hydrogens is 318 g/mol. The van der Waals surface area contributed by atoms with Gasteiger partial charge in [0, 0.05) is 16.8 Å². The number of hydrogen-bond acceptors (Lipinski definition) is 4. The fourth-order valence-corrected chi connectivity index (χ4v) is 3.36. The molecule has 0 aliphatic carbocycles. The van der Waals surface area contributed by atoms with Crippen LogP contribution in [0.3, 0.4) is 0 Å². The van der Waals surface area contributed by atoms with Gasteiger partial charge in [-0.25, -0.2) is 8.42 Å². The van der Waals surface area contributed by atoms with Crippen molar-refractivity contribution >= 4 is 33.2 Å². The normalized spacial score (nSPS) is 12.6. The average molecular weight is 335 g/mol. The van der Waals surface area contributed by atoms with E-state index in [9.17, 15) is 13.2 Å². The van der Waals surface area contributed by atoms with E-state index in [0.29, 0.717) is 5.69 Å². The molecule has 0 spiro atoms. The molecule has 1 N–H and O–H groups in total. The highest BCUT2D eigenvalue weighted by Gasteiger charge is 2.15. The average Bonchev–Trinajstić information content (AvgIpc) is 2.47. The summed E-state index contributed by atoms with van der Waals surface area (Å²) in [4.78, 5) is 13.4.